The number of nitrogens with zero attached hydrogens (tertiary/aromatic N) is 1. The second-order valence-corrected chi connectivity index (χ2v) is 5.39. The molecule has 2 aromatic rings. The Hall–Kier alpha value is -1.81. The van der Waals surface area contributed by atoms with E-state index in [1.807, 2.05) is 25.1 Å². The van der Waals surface area contributed by atoms with Crippen molar-refractivity contribution >= 4 is 16.8 Å². The van der Waals surface area contributed by atoms with Crippen molar-refractivity contribution in [3.63, 3.8) is 0 Å². The van der Waals surface area contributed by atoms with E-state index in [1.54, 1.807) is 4.90 Å². The highest BCUT2D eigenvalue weighted by molar-refractivity contribution is 5.99. The molecule has 100 valence electrons. The third-order valence-corrected chi connectivity index (χ3v) is 4.06. The van der Waals surface area contributed by atoms with Crippen LogP contribution in [0.15, 0.2) is 18.2 Å². The highest BCUT2D eigenvalue weighted by Gasteiger charge is 2.30. The van der Waals surface area contributed by atoms with Gasteiger partial charge in [-0.15, -0.1) is 0 Å². The van der Waals surface area contributed by atoms with Crippen molar-refractivity contribution in [3.8, 4) is 0 Å². The maximum absolute atomic E-state index is 12.3. The van der Waals surface area contributed by atoms with Gasteiger partial charge in [0.2, 0.25) is 0 Å². The molecule has 0 atom stereocenters. The molecule has 19 heavy (non-hydrogen) atoms. The summed E-state index contributed by atoms with van der Waals surface area (Å²) in [5.74, 6) is 0.314. The molecule has 1 aliphatic heterocycles. The molecule has 0 aliphatic carbocycles. The van der Waals surface area contributed by atoms with Gasteiger partial charge in [-0.25, -0.2) is 0 Å². The number of H-pyrrole nitrogens is 1. The molecular weight excluding hydrogens is 240 g/mol. The number of nitrogens with one attached hydrogen (secondary N) is 1. The van der Waals surface area contributed by atoms with Crippen LogP contribution in [0.5, 0.6) is 0 Å². The lowest BCUT2D eigenvalue weighted by Crippen LogP contribution is -2.51. The Kier molecular flexibility index (Phi) is 2.82. The smallest absolute Gasteiger partial charge is 0.253 e. The van der Waals surface area contributed by atoms with Crippen LogP contribution in [0.3, 0.4) is 0 Å². The first kappa shape index (κ1) is 12.2. The van der Waals surface area contributed by atoms with Gasteiger partial charge < -0.3 is 15.0 Å². The van der Waals surface area contributed by atoms with Crippen molar-refractivity contribution in [3.05, 3.63) is 35.0 Å². The van der Waals surface area contributed by atoms with Crippen molar-refractivity contribution < 1.29 is 9.90 Å². The van der Waals surface area contributed by atoms with E-state index in [0.717, 1.165) is 22.2 Å². The van der Waals surface area contributed by atoms with Crippen LogP contribution in [0.1, 0.15) is 21.6 Å². The standard InChI is InChI=1S/C15H18N2O2/c1-9-10(2)16-14-4-3-12(5-13(9)14)15(19)17-6-11(7-17)8-18/h3-5,11,16,18H,6-8H2,1-2H3. The molecule has 2 heterocycles. The lowest BCUT2D eigenvalue weighted by atomic mass is 9.99. The van der Waals surface area contributed by atoms with Crippen molar-refractivity contribution in [2.45, 2.75) is 13.8 Å². The van der Waals surface area contributed by atoms with Gasteiger partial charge in [0.15, 0.2) is 0 Å². The van der Waals surface area contributed by atoms with Crippen LogP contribution in [-0.4, -0.2) is 40.6 Å². The molecule has 1 saturated heterocycles. The summed E-state index contributed by atoms with van der Waals surface area (Å²) in [7, 11) is 0. The van der Waals surface area contributed by atoms with Crippen LogP contribution in [0, 0.1) is 19.8 Å². The summed E-state index contributed by atoms with van der Waals surface area (Å²) in [5, 5.41) is 10.1. The van der Waals surface area contributed by atoms with Crippen molar-refractivity contribution in [1.29, 1.82) is 0 Å². The van der Waals surface area contributed by atoms with E-state index < -0.39 is 0 Å². The molecule has 2 N–H and O–H groups in total. The number of likely N-dealkylation sites (tertiary alicyclic amines) is 1. The molecule has 1 aromatic heterocycles. The Labute approximate surface area is 112 Å². The van der Waals surface area contributed by atoms with Gasteiger partial charge in [0.25, 0.3) is 5.91 Å². The Morgan fingerprint density at radius 1 is 1.42 bits per heavy atom. The number of carbonyl (C=O) groups is 1. The minimum atomic E-state index is 0.0600. The van der Waals surface area contributed by atoms with Gasteiger partial charge in [0, 0.05) is 47.8 Å². The topological polar surface area (TPSA) is 56.3 Å². The molecular formula is C15H18N2O2. The lowest BCUT2D eigenvalue weighted by molar-refractivity contribution is 0.0362. The SMILES string of the molecule is Cc1[nH]c2ccc(C(=O)N3CC(CO)C3)cc2c1C. The number of fused-ring (bicyclic) bond motifs is 1. The number of aromatic amines is 1. The minimum absolute atomic E-state index is 0.0600. The van der Waals surface area contributed by atoms with E-state index in [2.05, 4.69) is 11.9 Å². The number of hydrogen-bond donors (Lipinski definition) is 2. The van der Waals surface area contributed by atoms with Gasteiger partial charge in [-0.1, -0.05) is 0 Å². The first-order valence-electron chi connectivity index (χ1n) is 6.59. The second-order valence-electron chi connectivity index (χ2n) is 5.39. The van der Waals surface area contributed by atoms with Crippen LogP contribution < -0.4 is 0 Å². The normalized spacial score (nSPS) is 15.8. The maximum Gasteiger partial charge on any atom is 0.253 e. The second kappa shape index (κ2) is 4.38. The van der Waals surface area contributed by atoms with E-state index in [0.29, 0.717) is 13.1 Å². The quantitative estimate of drug-likeness (QED) is 0.863. The molecule has 1 fully saturated rings. The molecule has 0 saturated carbocycles. The van der Waals surface area contributed by atoms with Gasteiger partial charge in [-0.3, -0.25) is 4.79 Å². The summed E-state index contributed by atoms with van der Waals surface area (Å²) < 4.78 is 0. The molecule has 0 bridgehead atoms. The first-order chi connectivity index (χ1) is 9.10. The highest BCUT2D eigenvalue weighted by atomic mass is 16.3. The zero-order valence-electron chi connectivity index (χ0n) is 11.2. The van der Waals surface area contributed by atoms with Crippen molar-refractivity contribution in [2.24, 2.45) is 5.92 Å². The predicted molar refractivity (Wildman–Crippen MR) is 74.3 cm³/mol. The molecule has 0 radical (unpaired) electrons. The fourth-order valence-electron chi connectivity index (χ4n) is 2.63. The molecule has 1 aliphatic rings. The van der Waals surface area contributed by atoms with Gasteiger partial charge >= 0.3 is 0 Å². The van der Waals surface area contributed by atoms with E-state index >= 15 is 0 Å². The summed E-state index contributed by atoms with van der Waals surface area (Å²) in [6.07, 6.45) is 0. The Balaban J connectivity index is 1.89. The van der Waals surface area contributed by atoms with E-state index in [-0.39, 0.29) is 18.4 Å². The first-order valence-corrected chi connectivity index (χ1v) is 6.59. The summed E-state index contributed by atoms with van der Waals surface area (Å²) in [5.41, 5.74) is 4.14. The third-order valence-electron chi connectivity index (χ3n) is 4.06. The summed E-state index contributed by atoms with van der Waals surface area (Å²) in [6.45, 7) is 5.60. The van der Waals surface area contributed by atoms with E-state index in [9.17, 15) is 4.79 Å². The van der Waals surface area contributed by atoms with Gasteiger partial charge in [0.1, 0.15) is 0 Å². The number of carbonyl (C=O) groups excluding carboxylic acids is 1. The average molecular weight is 258 g/mol. The van der Waals surface area contributed by atoms with Crippen LogP contribution in [0.25, 0.3) is 10.9 Å². The predicted octanol–water partition coefficient (Wildman–Crippen LogP) is 1.85. The van der Waals surface area contributed by atoms with Gasteiger partial charge in [-0.2, -0.15) is 0 Å². The summed E-state index contributed by atoms with van der Waals surface area (Å²) in [6, 6.07) is 5.79. The largest absolute Gasteiger partial charge is 0.396 e. The van der Waals surface area contributed by atoms with Gasteiger partial charge in [-0.05, 0) is 37.6 Å². The Bertz CT molecular complexity index is 639. The van der Waals surface area contributed by atoms with Crippen molar-refractivity contribution in [2.75, 3.05) is 19.7 Å². The number of aliphatic hydroxyl groups is 1. The fourth-order valence-corrected chi connectivity index (χ4v) is 2.63. The molecule has 4 nitrogen and oxygen atoms in total. The fraction of sp³-hybridized carbons (Fsp3) is 0.400. The zero-order chi connectivity index (χ0) is 13.6. The molecule has 0 unspecified atom stereocenters. The highest BCUT2D eigenvalue weighted by Crippen LogP contribution is 2.24. The van der Waals surface area contributed by atoms with E-state index in [1.165, 1.54) is 5.56 Å². The Morgan fingerprint density at radius 3 is 2.84 bits per heavy atom. The van der Waals surface area contributed by atoms with Crippen LogP contribution in [-0.2, 0) is 0 Å². The number of aliphatic hydroxyl groups excluding tert-OH is 1. The maximum atomic E-state index is 12.3. The summed E-state index contributed by atoms with van der Waals surface area (Å²) >= 11 is 0. The summed E-state index contributed by atoms with van der Waals surface area (Å²) in [4.78, 5) is 17.4. The number of aromatic nitrogens is 1. The number of amides is 1. The molecule has 1 aromatic carbocycles. The Morgan fingerprint density at radius 2 is 2.16 bits per heavy atom. The zero-order valence-corrected chi connectivity index (χ0v) is 11.2. The van der Waals surface area contributed by atoms with Crippen LogP contribution in [0.2, 0.25) is 0 Å². The van der Waals surface area contributed by atoms with E-state index in [4.69, 9.17) is 5.11 Å². The van der Waals surface area contributed by atoms with Gasteiger partial charge in [0.05, 0.1) is 0 Å². The number of aryl methyl sites for hydroxylation is 2. The average Bonchev–Trinajstić information content (AvgIpc) is 2.63. The molecule has 0 spiro atoms. The number of rotatable bonds is 2. The lowest BCUT2D eigenvalue weighted by Gasteiger charge is -2.38. The molecule has 3 rings (SSSR count). The monoisotopic (exact) mass is 258 g/mol. The minimum Gasteiger partial charge on any atom is -0.396 e. The molecule has 1 amide bonds. The van der Waals surface area contributed by atoms with Crippen LogP contribution in [0.4, 0.5) is 0 Å². The number of benzene rings is 1. The number of hydrogen-bond acceptors (Lipinski definition) is 2. The van der Waals surface area contributed by atoms with Crippen molar-refractivity contribution in [1.82, 2.24) is 9.88 Å². The van der Waals surface area contributed by atoms with Crippen LogP contribution >= 0.6 is 0 Å². The molecule has 4 heteroatoms. The third kappa shape index (κ3) is 1.92.